The van der Waals surface area contributed by atoms with Gasteiger partial charge in [0.25, 0.3) is 0 Å². The number of sulfone groups is 1. The molecule has 1 aliphatic rings. The van der Waals surface area contributed by atoms with E-state index in [0.29, 0.717) is 0 Å². The number of aryl methyl sites for hydroxylation is 1. The van der Waals surface area contributed by atoms with Crippen molar-refractivity contribution in [3.63, 3.8) is 0 Å². The maximum absolute atomic E-state index is 13.0. The molecule has 2 aromatic carbocycles. The third-order valence-electron chi connectivity index (χ3n) is 5.24. The Morgan fingerprint density at radius 3 is 2.14 bits per heavy atom. The van der Waals surface area contributed by atoms with E-state index >= 15 is 0 Å². The van der Waals surface area contributed by atoms with Crippen molar-refractivity contribution in [2.75, 3.05) is 18.8 Å². The highest BCUT2D eigenvalue weighted by Gasteiger charge is 2.41. The van der Waals surface area contributed by atoms with Crippen LogP contribution in [0.1, 0.15) is 12.5 Å². The summed E-state index contributed by atoms with van der Waals surface area (Å²) < 4.78 is 53.1. The van der Waals surface area contributed by atoms with E-state index in [9.17, 15) is 16.8 Å². The molecule has 0 radical (unpaired) electrons. The fraction of sp³-hybridized carbons (Fsp3) is 0.333. The zero-order chi connectivity index (χ0) is 20.5. The van der Waals surface area contributed by atoms with Crippen molar-refractivity contribution in [3.8, 4) is 0 Å². The quantitative estimate of drug-likeness (QED) is 0.674. The topological polar surface area (TPSA) is 71.5 Å². The average molecular weight is 420 g/mol. The number of sulfonamides is 1. The zero-order valence-electron chi connectivity index (χ0n) is 16.1. The molecule has 150 valence electrons. The molecule has 0 bridgehead atoms. The third kappa shape index (κ3) is 4.21. The van der Waals surface area contributed by atoms with Crippen molar-refractivity contribution in [1.29, 1.82) is 0 Å². The van der Waals surface area contributed by atoms with Gasteiger partial charge in [-0.2, -0.15) is 4.31 Å². The van der Waals surface area contributed by atoms with E-state index < -0.39 is 19.9 Å². The second-order valence-electron chi connectivity index (χ2n) is 7.44. The van der Waals surface area contributed by atoms with Gasteiger partial charge in [-0.1, -0.05) is 48.0 Å². The largest absolute Gasteiger partial charge is 0.243 e. The molecular formula is C21H25NO4S2. The van der Waals surface area contributed by atoms with Crippen molar-refractivity contribution < 1.29 is 16.8 Å². The summed E-state index contributed by atoms with van der Waals surface area (Å²) in [6.45, 7) is 8.12. The lowest BCUT2D eigenvalue weighted by atomic mass is 9.92. The van der Waals surface area contributed by atoms with Crippen molar-refractivity contribution >= 4 is 19.9 Å². The molecule has 2 atom stereocenters. The Bertz CT molecular complexity index is 1060. The molecule has 5 nitrogen and oxygen atoms in total. The van der Waals surface area contributed by atoms with E-state index in [1.807, 2.05) is 13.8 Å². The number of rotatable bonds is 6. The molecule has 2 aromatic rings. The predicted molar refractivity (Wildman–Crippen MR) is 110 cm³/mol. The highest BCUT2D eigenvalue weighted by Crippen LogP contribution is 2.34. The van der Waals surface area contributed by atoms with Crippen LogP contribution >= 0.6 is 0 Å². The normalized spacial score (nSPS) is 20.9. The van der Waals surface area contributed by atoms with Gasteiger partial charge in [0.1, 0.15) is 0 Å². The minimum absolute atomic E-state index is 0.103. The van der Waals surface area contributed by atoms with Gasteiger partial charge in [0.2, 0.25) is 10.0 Å². The van der Waals surface area contributed by atoms with Gasteiger partial charge in [-0.05, 0) is 49.9 Å². The van der Waals surface area contributed by atoms with E-state index in [1.165, 1.54) is 4.31 Å². The number of hydrogen-bond donors (Lipinski definition) is 0. The van der Waals surface area contributed by atoms with Gasteiger partial charge in [-0.3, -0.25) is 0 Å². The second kappa shape index (κ2) is 7.81. The van der Waals surface area contributed by atoms with Crippen molar-refractivity contribution in [2.45, 2.75) is 23.6 Å². The molecule has 1 fully saturated rings. The van der Waals surface area contributed by atoms with Gasteiger partial charge < -0.3 is 0 Å². The van der Waals surface area contributed by atoms with E-state index in [-0.39, 0.29) is 40.5 Å². The highest BCUT2D eigenvalue weighted by molar-refractivity contribution is 7.91. The first-order chi connectivity index (χ1) is 13.1. The molecule has 0 aromatic heterocycles. The van der Waals surface area contributed by atoms with Crippen LogP contribution in [-0.2, 0) is 19.9 Å². The lowest BCUT2D eigenvalue weighted by molar-refractivity contribution is 0.463. The van der Waals surface area contributed by atoms with Gasteiger partial charge in [0.05, 0.1) is 15.5 Å². The minimum atomic E-state index is -3.68. The van der Waals surface area contributed by atoms with Crippen LogP contribution in [0.3, 0.4) is 0 Å². The summed E-state index contributed by atoms with van der Waals surface area (Å²) >= 11 is 0. The van der Waals surface area contributed by atoms with Gasteiger partial charge in [0, 0.05) is 13.1 Å². The van der Waals surface area contributed by atoms with Crippen molar-refractivity contribution in [1.82, 2.24) is 4.31 Å². The first-order valence-corrected chi connectivity index (χ1v) is 12.2. The summed E-state index contributed by atoms with van der Waals surface area (Å²) in [5.74, 6) is -0.629. The smallest absolute Gasteiger partial charge is 0.224 e. The molecule has 3 rings (SSSR count). The van der Waals surface area contributed by atoms with E-state index in [0.717, 1.165) is 11.1 Å². The molecule has 0 unspecified atom stereocenters. The van der Waals surface area contributed by atoms with Crippen LogP contribution in [0.5, 0.6) is 0 Å². The summed E-state index contributed by atoms with van der Waals surface area (Å²) in [6.07, 6.45) is 0. The molecule has 1 saturated heterocycles. The molecule has 0 saturated carbocycles. The standard InChI is InChI=1S/C21H25NO4S2/c1-16(2)21-14-22(28(25,26)20-11-9-17(3)10-12-20)13-18(21)15-27(23,24)19-7-5-4-6-8-19/h4-12,18,21H,1,13-15H2,2-3H3/t18-,21-/m1/s1. The fourth-order valence-corrected chi connectivity index (χ4v) is 6.81. The summed E-state index contributed by atoms with van der Waals surface area (Å²) in [6, 6.07) is 15.0. The van der Waals surface area contributed by atoms with Crippen LogP contribution < -0.4 is 0 Å². The van der Waals surface area contributed by atoms with Crippen molar-refractivity contribution in [3.05, 3.63) is 72.3 Å². The minimum Gasteiger partial charge on any atom is -0.224 e. The van der Waals surface area contributed by atoms with E-state index in [1.54, 1.807) is 54.6 Å². The maximum Gasteiger partial charge on any atom is 0.243 e. The number of hydrogen-bond acceptors (Lipinski definition) is 4. The molecule has 1 heterocycles. The Balaban J connectivity index is 1.87. The summed E-state index contributed by atoms with van der Waals surface area (Å²) in [7, 11) is -7.19. The molecule has 0 spiro atoms. The van der Waals surface area contributed by atoms with Crippen LogP contribution in [0.15, 0.2) is 76.5 Å². The molecule has 1 aliphatic heterocycles. The van der Waals surface area contributed by atoms with Gasteiger partial charge in [-0.15, -0.1) is 0 Å². The van der Waals surface area contributed by atoms with Crippen LogP contribution in [0, 0.1) is 18.8 Å². The van der Waals surface area contributed by atoms with Gasteiger partial charge >= 0.3 is 0 Å². The highest BCUT2D eigenvalue weighted by atomic mass is 32.2. The Kier molecular flexibility index (Phi) is 5.79. The van der Waals surface area contributed by atoms with Crippen LogP contribution in [0.2, 0.25) is 0 Å². The van der Waals surface area contributed by atoms with E-state index in [4.69, 9.17) is 0 Å². The lowest BCUT2D eigenvalue weighted by Gasteiger charge is -2.18. The molecule has 0 amide bonds. The molecule has 0 aliphatic carbocycles. The molecule has 28 heavy (non-hydrogen) atoms. The fourth-order valence-electron chi connectivity index (χ4n) is 3.62. The second-order valence-corrected chi connectivity index (χ2v) is 11.4. The Morgan fingerprint density at radius 1 is 0.964 bits per heavy atom. The zero-order valence-corrected chi connectivity index (χ0v) is 17.7. The monoisotopic (exact) mass is 419 g/mol. The van der Waals surface area contributed by atoms with Gasteiger partial charge in [-0.25, -0.2) is 16.8 Å². The Hall–Kier alpha value is -1.96. The molecular weight excluding hydrogens is 394 g/mol. The summed E-state index contributed by atoms with van der Waals surface area (Å²) in [5, 5.41) is 0. The van der Waals surface area contributed by atoms with Gasteiger partial charge in [0.15, 0.2) is 9.84 Å². The lowest BCUT2D eigenvalue weighted by Crippen LogP contribution is -2.30. The first kappa shape index (κ1) is 20.8. The molecule has 0 N–H and O–H groups in total. The first-order valence-electron chi connectivity index (χ1n) is 9.11. The average Bonchev–Trinajstić information content (AvgIpc) is 3.07. The maximum atomic E-state index is 13.0. The number of nitrogens with zero attached hydrogens (tertiary/aromatic N) is 1. The van der Waals surface area contributed by atoms with Crippen molar-refractivity contribution in [2.24, 2.45) is 11.8 Å². The Labute approximate surface area is 167 Å². The SMILES string of the molecule is C=C(C)[C@H]1CN(S(=O)(=O)c2ccc(C)cc2)C[C@@H]1CS(=O)(=O)c1ccccc1. The van der Waals surface area contributed by atoms with Crippen LogP contribution in [0.4, 0.5) is 0 Å². The summed E-state index contributed by atoms with van der Waals surface area (Å²) in [4.78, 5) is 0.487. The van der Waals surface area contributed by atoms with Crippen LogP contribution in [-0.4, -0.2) is 40.0 Å². The predicted octanol–water partition coefficient (Wildman–Crippen LogP) is 3.28. The third-order valence-corrected chi connectivity index (χ3v) is 8.94. The summed E-state index contributed by atoms with van der Waals surface area (Å²) in [5.41, 5.74) is 1.78. The van der Waals surface area contributed by atoms with Crippen LogP contribution in [0.25, 0.3) is 0 Å². The van der Waals surface area contributed by atoms with E-state index in [2.05, 4.69) is 6.58 Å². The Morgan fingerprint density at radius 2 is 1.57 bits per heavy atom. The number of benzene rings is 2. The molecule has 7 heteroatoms.